The molecule has 0 bridgehead atoms. The minimum atomic E-state index is -2.67. The number of alkyl halides is 2. The van der Waals surface area contributed by atoms with E-state index in [4.69, 9.17) is 0 Å². The summed E-state index contributed by atoms with van der Waals surface area (Å²) in [6, 6.07) is -0.545. The fraction of sp³-hybridized carbons (Fsp3) is 0.786. The van der Waals surface area contributed by atoms with Crippen LogP contribution in [0.15, 0.2) is 0 Å². The van der Waals surface area contributed by atoms with Gasteiger partial charge in [-0.25, -0.2) is 13.6 Å². The SMILES string of the molecule is O=C1NC(=O)C2(CCCN(C(=O)C3CCC(F)(F)CC3)C2)N1. The molecule has 3 aliphatic rings. The predicted molar refractivity (Wildman–Crippen MR) is 72.1 cm³/mol. The molecule has 8 heteroatoms. The van der Waals surface area contributed by atoms with E-state index in [-0.39, 0.29) is 38.1 Å². The van der Waals surface area contributed by atoms with Crippen LogP contribution in [0.2, 0.25) is 0 Å². The molecular weight excluding hydrogens is 296 g/mol. The fourth-order valence-electron chi connectivity index (χ4n) is 3.60. The number of nitrogens with one attached hydrogen (secondary N) is 2. The standard InChI is InChI=1S/C14H19F2N3O3/c15-14(16)5-2-9(3-6-14)10(20)19-7-1-4-13(8-19)11(21)17-12(22)18-13/h9H,1-8H2,(H2,17,18,21,22). The van der Waals surface area contributed by atoms with Gasteiger partial charge in [-0.1, -0.05) is 0 Å². The van der Waals surface area contributed by atoms with E-state index in [1.54, 1.807) is 4.90 Å². The maximum atomic E-state index is 13.2. The van der Waals surface area contributed by atoms with Crippen LogP contribution in [0.4, 0.5) is 13.6 Å². The molecule has 0 radical (unpaired) electrons. The summed E-state index contributed by atoms with van der Waals surface area (Å²) in [5.74, 6) is -3.66. The number of likely N-dealkylation sites (tertiary alicyclic amines) is 1. The highest BCUT2D eigenvalue weighted by molar-refractivity contribution is 6.07. The van der Waals surface area contributed by atoms with E-state index in [2.05, 4.69) is 10.6 Å². The van der Waals surface area contributed by atoms with Crippen molar-refractivity contribution < 1.29 is 23.2 Å². The summed E-state index contributed by atoms with van der Waals surface area (Å²) >= 11 is 0. The lowest BCUT2D eigenvalue weighted by molar-refractivity contribution is -0.143. The molecule has 1 saturated carbocycles. The van der Waals surface area contributed by atoms with Gasteiger partial charge in [-0.3, -0.25) is 14.9 Å². The quantitative estimate of drug-likeness (QED) is 0.709. The van der Waals surface area contributed by atoms with E-state index in [1.165, 1.54) is 0 Å². The molecule has 0 aromatic rings. The van der Waals surface area contributed by atoms with E-state index in [0.717, 1.165) is 0 Å². The number of hydrogen-bond donors (Lipinski definition) is 2. The van der Waals surface area contributed by atoms with Crippen LogP contribution in [0.1, 0.15) is 38.5 Å². The number of amides is 4. The van der Waals surface area contributed by atoms with Gasteiger partial charge in [-0.15, -0.1) is 0 Å². The first-order chi connectivity index (χ1) is 10.3. The van der Waals surface area contributed by atoms with E-state index >= 15 is 0 Å². The van der Waals surface area contributed by atoms with Crippen molar-refractivity contribution in [2.45, 2.75) is 50.0 Å². The molecule has 2 N–H and O–H groups in total. The first kappa shape index (κ1) is 15.2. The Labute approximate surface area is 126 Å². The van der Waals surface area contributed by atoms with Gasteiger partial charge in [0.25, 0.3) is 5.91 Å². The lowest BCUT2D eigenvalue weighted by Gasteiger charge is -2.40. The lowest BCUT2D eigenvalue weighted by Crippen LogP contribution is -2.60. The zero-order valence-electron chi connectivity index (χ0n) is 12.2. The summed E-state index contributed by atoms with van der Waals surface area (Å²) in [5, 5.41) is 4.81. The summed E-state index contributed by atoms with van der Waals surface area (Å²) < 4.78 is 26.4. The average molecular weight is 315 g/mol. The minimum absolute atomic E-state index is 0.121. The number of imide groups is 1. The minimum Gasteiger partial charge on any atom is -0.340 e. The number of rotatable bonds is 1. The summed E-state index contributed by atoms with van der Waals surface area (Å²) in [4.78, 5) is 37.4. The van der Waals surface area contributed by atoms with Crippen molar-refractivity contribution in [1.29, 1.82) is 0 Å². The van der Waals surface area contributed by atoms with E-state index in [0.29, 0.717) is 19.4 Å². The van der Waals surface area contributed by atoms with Gasteiger partial charge in [0.05, 0.1) is 6.54 Å². The van der Waals surface area contributed by atoms with Crippen molar-refractivity contribution in [3.63, 3.8) is 0 Å². The molecule has 4 amide bonds. The second-order valence-electron chi connectivity index (χ2n) is 6.48. The molecule has 22 heavy (non-hydrogen) atoms. The molecule has 0 aromatic carbocycles. The van der Waals surface area contributed by atoms with Crippen molar-refractivity contribution in [3.05, 3.63) is 0 Å². The van der Waals surface area contributed by atoms with E-state index < -0.39 is 29.3 Å². The summed E-state index contributed by atoms with van der Waals surface area (Å²) in [6.45, 7) is 0.618. The van der Waals surface area contributed by atoms with Crippen molar-refractivity contribution in [2.24, 2.45) is 5.92 Å². The maximum absolute atomic E-state index is 13.2. The molecule has 1 unspecified atom stereocenters. The molecule has 2 heterocycles. The van der Waals surface area contributed by atoms with Gasteiger partial charge in [0.1, 0.15) is 5.54 Å². The van der Waals surface area contributed by atoms with Crippen LogP contribution in [-0.4, -0.2) is 47.3 Å². The molecule has 6 nitrogen and oxygen atoms in total. The first-order valence-corrected chi connectivity index (χ1v) is 7.62. The average Bonchev–Trinajstić information content (AvgIpc) is 2.72. The molecule has 1 aliphatic carbocycles. The summed E-state index contributed by atoms with van der Waals surface area (Å²) in [7, 11) is 0. The third-order valence-electron chi connectivity index (χ3n) is 4.88. The van der Waals surface area contributed by atoms with Gasteiger partial charge >= 0.3 is 6.03 Å². The monoisotopic (exact) mass is 315 g/mol. The van der Waals surface area contributed by atoms with Gasteiger partial charge in [0.15, 0.2) is 0 Å². The maximum Gasteiger partial charge on any atom is 0.322 e. The second-order valence-corrected chi connectivity index (χ2v) is 6.48. The van der Waals surface area contributed by atoms with Crippen molar-refractivity contribution in [1.82, 2.24) is 15.5 Å². The molecule has 2 aliphatic heterocycles. The zero-order chi connectivity index (χ0) is 16.0. The van der Waals surface area contributed by atoms with Gasteiger partial charge in [-0.05, 0) is 25.7 Å². The smallest absolute Gasteiger partial charge is 0.322 e. The lowest BCUT2D eigenvalue weighted by atomic mass is 9.84. The molecule has 1 spiro atoms. The largest absolute Gasteiger partial charge is 0.340 e. The first-order valence-electron chi connectivity index (χ1n) is 7.62. The number of urea groups is 1. The Morgan fingerprint density at radius 3 is 2.45 bits per heavy atom. The highest BCUT2D eigenvalue weighted by atomic mass is 19.3. The van der Waals surface area contributed by atoms with Crippen molar-refractivity contribution >= 4 is 17.8 Å². The number of nitrogens with zero attached hydrogens (tertiary/aromatic N) is 1. The Balaban J connectivity index is 1.66. The highest BCUT2D eigenvalue weighted by Crippen LogP contribution is 2.37. The molecule has 1 atom stereocenters. The predicted octanol–water partition coefficient (Wildman–Crippen LogP) is 1.01. The molecular formula is C14H19F2N3O3. The zero-order valence-corrected chi connectivity index (χ0v) is 12.2. The molecule has 0 aromatic heterocycles. The van der Waals surface area contributed by atoms with Crippen molar-refractivity contribution in [2.75, 3.05) is 13.1 Å². The molecule has 122 valence electrons. The van der Waals surface area contributed by atoms with Gasteiger partial charge in [-0.2, -0.15) is 0 Å². The summed E-state index contributed by atoms with van der Waals surface area (Å²) in [5.41, 5.74) is -1.05. The molecule has 3 fully saturated rings. The van der Waals surface area contributed by atoms with E-state index in [9.17, 15) is 23.2 Å². The van der Waals surface area contributed by atoms with Crippen LogP contribution in [0.5, 0.6) is 0 Å². The van der Waals surface area contributed by atoms with Gasteiger partial charge < -0.3 is 10.2 Å². The molecule has 2 saturated heterocycles. The van der Waals surface area contributed by atoms with Crippen LogP contribution >= 0.6 is 0 Å². The van der Waals surface area contributed by atoms with Crippen molar-refractivity contribution in [3.8, 4) is 0 Å². The highest BCUT2D eigenvalue weighted by Gasteiger charge is 2.50. The van der Waals surface area contributed by atoms with Crippen LogP contribution in [0, 0.1) is 5.92 Å². The van der Waals surface area contributed by atoms with Crippen LogP contribution < -0.4 is 10.6 Å². The Morgan fingerprint density at radius 2 is 1.86 bits per heavy atom. The number of halogens is 2. The Morgan fingerprint density at radius 1 is 1.18 bits per heavy atom. The third kappa shape index (κ3) is 2.66. The normalized spacial score (nSPS) is 32.0. The van der Waals surface area contributed by atoms with E-state index in [1.807, 2.05) is 0 Å². The summed E-state index contributed by atoms with van der Waals surface area (Å²) in [6.07, 6.45) is 0.903. The second kappa shape index (κ2) is 5.17. The van der Waals surface area contributed by atoms with Gasteiger partial charge in [0, 0.05) is 25.3 Å². The third-order valence-corrected chi connectivity index (χ3v) is 4.88. The Hall–Kier alpha value is -1.73. The topological polar surface area (TPSA) is 78.5 Å². The fourth-order valence-corrected chi connectivity index (χ4v) is 3.60. The number of carbonyl (C=O) groups is 3. The molecule has 3 rings (SSSR count). The Bertz CT molecular complexity index is 515. The number of piperidine rings is 1. The van der Waals surface area contributed by atoms with Crippen LogP contribution in [0.25, 0.3) is 0 Å². The van der Waals surface area contributed by atoms with Crippen LogP contribution in [-0.2, 0) is 9.59 Å². The number of hydrogen-bond acceptors (Lipinski definition) is 3. The van der Waals surface area contributed by atoms with Gasteiger partial charge in [0.2, 0.25) is 11.8 Å². The Kier molecular flexibility index (Phi) is 3.57. The van der Waals surface area contributed by atoms with Crippen LogP contribution in [0.3, 0.4) is 0 Å². The number of carbonyl (C=O) groups excluding carboxylic acids is 3.